The number of amides is 1. The van der Waals surface area contributed by atoms with E-state index in [2.05, 4.69) is 5.32 Å². The molecule has 21 heavy (non-hydrogen) atoms. The van der Waals surface area contributed by atoms with Gasteiger partial charge in [0.1, 0.15) is 5.82 Å². The first kappa shape index (κ1) is 16.0. The number of hydrogen-bond acceptors (Lipinski definition) is 2. The van der Waals surface area contributed by atoms with Crippen molar-refractivity contribution < 1.29 is 14.3 Å². The molecule has 116 valence electrons. The Balaban J connectivity index is 1.73. The van der Waals surface area contributed by atoms with E-state index < -0.39 is 0 Å². The van der Waals surface area contributed by atoms with Gasteiger partial charge < -0.3 is 10.4 Å². The summed E-state index contributed by atoms with van der Waals surface area (Å²) in [6, 6.07) is 6.68. The zero-order chi connectivity index (χ0) is 15.5. The van der Waals surface area contributed by atoms with E-state index >= 15 is 0 Å². The quantitative estimate of drug-likeness (QED) is 0.760. The van der Waals surface area contributed by atoms with Crippen molar-refractivity contribution in [2.45, 2.75) is 39.0 Å². The van der Waals surface area contributed by atoms with Gasteiger partial charge in [0.05, 0.1) is 0 Å². The average Bonchev–Trinajstić information content (AvgIpc) is 3.24. The third-order valence-corrected chi connectivity index (χ3v) is 4.19. The van der Waals surface area contributed by atoms with Crippen molar-refractivity contribution in [2.24, 2.45) is 11.3 Å². The number of benzene rings is 1. The van der Waals surface area contributed by atoms with Crippen molar-refractivity contribution in [1.29, 1.82) is 0 Å². The lowest BCUT2D eigenvalue weighted by Crippen LogP contribution is -2.28. The Kier molecular flexibility index (Phi) is 4.99. The maximum atomic E-state index is 13.6. The number of aliphatic hydroxyl groups is 1. The SMILES string of the molecule is CC(C)(CO)CCCNC(=O)C1CC1c1ccccc1F. The van der Waals surface area contributed by atoms with Gasteiger partial charge in [-0.05, 0) is 42.2 Å². The van der Waals surface area contributed by atoms with Gasteiger partial charge in [-0.1, -0.05) is 32.0 Å². The van der Waals surface area contributed by atoms with Crippen molar-refractivity contribution in [3.63, 3.8) is 0 Å². The van der Waals surface area contributed by atoms with Crippen LogP contribution >= 0.6 is 0 Å². The molecule has 1 fully saturated rings. The molecule has 0 radical (unpaired) electrons. The van der Waals surface area contributed by atoms with E-state index in [-0.39, 0.29) is 35.6 Å². The number of carbonyl (C=O) groups excluding carboxylic acids is 1. The standard InChI is InChI=1S/C17H24FNO2/c1-17(2,11-20)8-5-9-19-16(21)14-10-13(14)12-6-3-4-7-15(12)18/h3-4,6-7,13-14,20H,5,8-11H2,1-2H3,(H,19,21). The molecule has 1 aromatic rings. The summed E-state index contributed by atoms with van der Waals surface area (Å²) < 4.78 is 13.6. The molecule has 0 spiro atoms. The highest BCUT2D eigenvalue weighted by Crippen LogP contribution is 2.48. The highest BCUT2D eigenvalue weighted by Gasteiger charge is 2.44. The highest BCUT2D eigenvalue weighted by molar-refractivity contribution is 5.82. The molecule has 2 N–H and O–H groups in total. The lowest BCUT2D eigenvalue weighted by atomic mass is 9.89. The first-order chi connectivity index (χ1) is 9.94. The van der Waals surface area contributed by atoms with Crippen LogP contribution in [0.2, 0.25) is 0 Å². The van der Waals surface area contributed by atoms with Gasteiger partial charge in [-0.25, -0.2) is 4.39 Å². The molecule has 2 rings (SSSR count). The van der Waals surface area contributed by atoms with E-state index in [9.17, 15) is 9.18 Å². The Labute approximate surface area is 125 Å². The molecule has 1 aromatic carbocycles. The molecule has 0 aliphatic heterocycles. The number of rotatable bonds is 7. The van der Waals surface area contributed by atoms with Crippen LogP contribution < -0.4 is 5.32 Å². The molecule has 0 aromatic heterocycles. The van der Waals surface area contributed by atoms with Crippen LogP contribution in [-0.2, 0) is 4.79 Å². The second-order valence-electron chi connectivity index (χ2n) is 6.69. The zero-order valence-electron chi connectivity index (χ0n) is 12.7. The Hall–Kier alpha value is -1.42. The summed E-state index contributed by atoms with van der Waals surface area (Å²) in [4.78, 5) is 12.0. The third-order valence-electron chi connectivity index (χ3n) is 4.19. The topological polar surface area (TPSA) is 49.3 Å². The minimum Gasteiger partial charge on any atom is -0.396 e. The van der Waals surface area contributed by atoms with Crippen molar-refractivity contribution in [2.75, 3.05) is 13.2 Å². The van der Waals surface area contributed by atoms with Crippen LogP contribution in [0, 0.1) is 17.2 Å². The second-order valence-corrected chi connectivity index (χ2v) is 6.69. The largest absolute Gasteiger partial charge is 0.396 e. The minimum atomic E-state index is -0.220. The number of halogens is 1. The van der Waals surface area contributed by atoms with Crippen LogP contribution in [0.5, 0.6) is 0 Å². The number of hydrogen-bond donors (Lipinski definition) is 2. The Morgan fingerprint density at radius 3 is 2.81 bits per heavy atom. The minimum absolute atomic E-state index is 0.0186. The van der Waals surface area contributed by atoms with E-state index in [4.69, 9.17) is 5.11 Å². The van der Waals surface area contributed by atoms with Crippen molar-refractivity contribution in [3.05, 3.63) is 35.6 Å². The molecule has 0 heterocycles. The summed E-state index contributed by atoms with van der Waals surface area (Å²) in [6.07, 6.45) is 2.44. The van der Waals surface area contributed by atoms with Gasteiger partial charge in [0.25, 0.3) is 0 Å². The summed E-state index contributed by atoms with van der Waals surface area (Å²) >= 11 is 0. The Bertz CT molecular complexity index is 501. The van der Waals surface area contributed by atoms with E-state index in [1.165, 1.54) is 6.07 Å². The molecule has 3 nitrogen and oxygen atoms in total. The molecule has 2 unspecified atom stereocenters. The van der Waals surface area contributed by atoms with E-state index in [1.54, 1.807) is 12.1 Å². The molecule has 4 heteroatoms. The predicted octanol–water partition coefficient (Wildman–Crippen LogP) is 2.84. The summed E-state index contributed by atoms with van der Waals surface area (Å²) in [5.41, 5.74) is 0.555. The van der Waals surface area contributed by atoms with Gasteiger partial charge in [0.2, 0.25) is 5.91 Å². The number of aliphatic hydroxyl groups excluding tert-OH is 1. The molecule has 1 aliphatic rings. The molecule has 0 bridgehead atoms. The van der Waals surface area contributed by atoms with Crippen LogP contribution in [0.3, 0.4) is 0 Å². The van der Waals surface area contributed by atoms with E-state index in [1.807, 2.05) is 19.9 Å². The van der Waals surface area contributed by atoms with Gasteiger partial charge in [-0.15, -0.1) is 0 Å². The van der Waals surface area contributed by atoms with Crippen LogP contribution in [0.25, 0.3) is 0 Å². The summed E-state index contributed by atoms with van der Waals surface area (Å²) in [5.74, 6) is -0.264. The monoisotopic (exact) mass is 293 g/mol. The fourth-order valence-corrected chi connectivity index (χ4v) is 2.59. The fraction of sp³-hybridized carbons (Fsp3) is 0.588. The van der Waals surface area contributed by atoms with Crippen molar-refractivity contribution in [1.82, 2.24) is 5.32 Å². The summed E-state index contributed by atoms with van der Waals surface area (Å²) in [7, 11) is 0. The molecule has 1 aliphatic carbocycles. The van der Waals surface area contributed by atoms with E-state index in [0.29, 0.717) is 12.1 Å². The first-order valence-electron chi connectivity index (χ1n) is 7.57. The normalized spacial score (nSPS) is 21.1. The summed E-state index contributed by atoms with van der Waals surface area (Å²) in [5, 5.41) is 12.1. The molecule has 0 saturated heterocycles. The van der Waals surface area contributed by atoms with Gasteiger partial charge in [0.15, 0.2) is 0 Å². The van der Waals surface area contributed by atoms with Gasteiger partial charge >= 0.3 is 0 Å². The number of carbonyl (C=O) groups is 1. The lowest BCUT2D eigenvalue weighted by Gasteiger charge is -2.21. The number of nitrogens with one attached hydrogen (secondary N) is 1. The molecule has 2 atom stereocenters. The smallest absolute Gasteiger partial charge is 0.223 e. The molecular weight excluding hydrogens is 269 g/mol. The highest BCUT2D eigenvalue weighted by atomic mass is 19.1. The third kappa shape index (κ3) is 4.27. The van der Waals surface area contributed by atoms with Crippen molar-refractivity contribution in [3.8, 4) is 0 Å². The first-order valence-corrected chi connectivity index (χ1v) is 7.57. The van der Waals surface area contributed by atoms with Crippen LogP contribution in [-0.4, -0.2) is 24.2 Å². The van der Waals surface area contributed by atoms with Gasteiger partial charge in [0, 0.05) is 19.1 Å². The Morgan fingerprint density at radius 1 is 1.43 bits per heavy atom. The maximum absolute atomic E-state index is 13.6. The Morgan fingerprint density at radius 2 is 2.14 bits per heavy atom. The van der Waals surface area contributed by atoms with Gasteiger partial charge in [-0.2, -0.15) is 0 Å². The molecule has 1 saturated carbocycles. The van der Waals surface area contributed by atoms with E-state index in [0.717, 1.165) is 19.3 Å². The zero-order valence-corrected chi connectivity index (χ0v) is 12.7. The summed E-state index contributed by atoms with van der Waals surface area (Å²) in [6.45, 7) is 4.77. The van der Waals surface area contributed by atoms with Crippen molar-refractivity contribution >= 4 is 5.91 Å². The van der Waals surface area contributed by atoms with Crippen LogP contribution in [0.1, 0.15) is 44.6 Å². The fourth-order valence-electron chi connectivity index (χ4n) is 2.59. The maximum Gasteiger partial charge on any atom is 0.223 e. The van der Waals surface area contributed by atoms with Crippen LogP contribution in [0.4, 0.5) is 4.39 Å². The van der Waals surface area contributed by atoms with Gasteiger partial charge in [-0.3, -0.25) is 4.79 Å². The molecule has 1 amide bonds. The average molecular weight is 293 g/mol. The second kappa shape index (κ2) is 6.56. The lowest BCUT2D eigenvalue weighted by molar-refractivity contribution is -0.122. The molecular formula is C17H24FNO2. The van der Waals surface area contributed by atoms with Crippen LogP contribution in [0.15, 0.2) is 24.3 Å². The predicted molar refractivity (Wildman–Crippen MR) is 80.4 cm³/mol.